The molecule has 0 bridgehead atoms. The summed E-state index contributed by atoms with van der Waals surface area (Å²) in [5, 5.41) is 3.08. The normalized spacial score (nSPS) is 20.5. The van der Waals surface area contributed by atoms with Crippen molar-refractivity contribution >= 4 is 32.9 Å². The highest BCUT2D eigenvalue weighted by molar-refractivity contribution is 9.10. The second kappa shape index (κ2) is 6.67. The highest BCUT2D eigenvalue weighted by Gasteiger charge is 2.31. The second-order valence-corrected chi connectivity index (χ2v) is 5.88. The van der Waals surface area contributed by atoms with Gasteiger partial charge in [0.2, 0.25) is 5.88 Å². The van der Waals surface area contributed by atoms with Gasteiger partial charge >= 0.3 is 5.97 Å². The topological polar surface area (TPSA) is 82.6 Å². The third kappa shape index (κ3) is 3.37. The van der Waals surface area contributed by atoms with Gasteiger partial charge in [-0.1, -0.05) is 0 Å². The summed E-state index contributed by atoms with van der Waals surface area (Å²) in [4.78, 5) is 20.3. The van der Waals surface area contributed by atoms with E-state index in [1.807, 2.05) is 6.07 Å². The van der Waals surface area contributed by atoms with Crippen molar-refractivity contribution in [2.45, 2.75) is 18.6 Å². The van der Waals surface area contributed by atoms with Gasteiger partial charge in [-0.25, -0.2) is 9.97 Å². The third-order valence-corrected chi connectivity index (χ3v) is 4.21. The molecule has 1 saturated heterocycles. The van der Waals surface area contributed by atoms with E-state index < -0.39 is 0 Å². The van der Waals surface area contributed by atoms with Crippen molar-refractivity contribution in [3.63, 3.8) is 0 Å². The smallest absolute Gasteiger partial charge is 0.323 e. The van der Waals surface area contributed by atoms with Crippen molar-refractivity contribution in [1.29, 1.82) is 0 Å². The number of methoxy groups -OCH3 is 2. The van der Waals surface area contributed by atoms with Gasteiger partial charge in [0, 0.05) is 25.1 Å². The molecule has 0 saturated carbocycles. The van der Waals surface area contributed by atoms with Crippen LogP contribution in [-0.2, 0) is 9.53 Å². The Kier molecular flexibility index (Phi) is 4.63. The molecule has 0 unspecified atom stereocenters. The summed E-state index contributed by atoms with van der Waals surface area (Å²) in [6, 6.07) is 5.06. The Morgan fingerprint density at radius 3 is 2.87 bits per heavy atom. The lowest BCUT2D eigenvalue weighted by Gasteiger charge is -2.14. The number of nitrogens with one attached hydrogen (secondary N) is 1. The number of ether oxygens (including phenoxy) is 3. The van der Waals surface area contributed by atoms with Crippen LogP contribution >= 0.6 is 15.9 Å². The lowest BCUT2D eigenvalue weighted by atomic mass is 10.2. The Morgan fingerprint density at radius 1 is 1.30 bits per heavy atom. The monoisotopic (exact) mass is 381 g/mol. The first-order valence-corrected chi connectivity index (χ1v) is 7.89. The van der Waals surface area contributed by atoms with Crippen LogP contribution in [0.4, 0.5) is 0 Å². The molecule has 8 heteroatoms. The lowest BCUT2D eigenvalue weighted by molar-refractivity contribution is -0.142. The van der Waals surface area contributed by atoms with E-state index in [1.54, 1.807) is 19.2 Å². The SMILES string of the molecule is COC(=O)[C@@H]1C[C@@H](Oc2cc3nc(OC)ccc3nc2Br)CN1. The fourth-order valence-corrected chi connectivity index (χ4v) is 2.88. The molecule has 2 atom stereocenters. The zero-order valence-corrected chi connectivity index (χ0v) is 14.3. The standard InChI is InChI=1S/C15H16BrN3O4/c1-21-13-4-3-9-10(18-13)6-12(14(16)19-9)23-8-5-11(17-7-8)15(20)22-2/h3-4,6,8,11,17H,5,7H2,1-2H3/t8-,11+/m1/s1. The van der Waals surface area contributed by atoms with Crippen molar-refractivity contribution < 1.29 is 19.0 Å². The minimum atomic E-state index is -0.338. The van der Waals surface area contributed by atoms with E-state index in [0.717, 1.165) is 5.52 Å². The van der Waals surface area contributed by atoms with Gasteiger partial charge in [0.15, 0.2) is 5.75 Å². The molecule has 0 radical (unpaired) electrons. The number of carbonyl (C=O) groups excluding carboxylic acids is 1. The Hall–Kier alpha value is -1.93. The van der Waals surface area contributed by atoms with E-state index in [-0.39, 0.29) is 18.1 Å². The van der Waals surface area contributed by atoms with E-state index in [0.29, 0.717) is 34.7 Å². The quantitative estimate of drug-likeness (QED) is 0.637. The number of carbonyl (C=O) groups is 1. The van der Waals surface area contributed by atoms with Crippen LogP contribution in [0.25, 0.3) is 11.0 Å². The maximum atomic E-state index is 11.5. The molecule has 23 heavy (non-hydrogen) atoms. The first kappa shape index (κ1) is 15.9. The summed E-state index contributed by atoms with van der Waals surface area (Å²) < 4.78 is 16.4. The first-order valence-electron chi connectivity index (χ1n) is 7.10. The Bertz CT molecular complexity index is 740. The maximum absolute atomic E-state index is 11.5. The van der Waals surface area contributed by atoms with Crippen molar-refractivity contribution in [3.05, 3.63) is 22.8 Å². The third-order valence-electron chi connectivity index (χ3n) is 3.65. The highest BCUT2D eigenvalue weighted by Crippen LogP contribution is 2.29. The fraction of sp³-hybridized carbons (Fsp3) is 0.400. The highest BCUT2D eigenvalue weighted by atomic mass is 79.9. The summed E-state index contributed by atoms with van der Waals surface area (Å²) in [7, 11) is 2.94. The van der Waals surface area contributed by atoms with Crippen LogP contribution in [0.3, 0.4) is 0 Å². The molecule has 3 heterocycles. The molecule has 1 aliphatic rings. The largest absolute Gasteiger partial charge is 0.486 e. The first-order chi connectivity index (χ1) is 11.1. The average molecular weight is 382 g/mol. The number of fused-ring (bicyclic) bond motifs is 1. The van der Waals surface area contributed by atoms with Gasteiger partial charge in [0.05, 0.1) is 25.3 Å². The van der Waals surface area contributed by atoms with Crippen LogP contribution in [0.1, 0.15) is 6.42 Å². The summed E-state index contributed by atoms with van der Waals surface area (Å²) in [6.07, 6.45) is 0.406. The summed E-state index contributed by atoms with van der Waals surface area (Å²) in [5.41, 5.74) is 1.42. The maximum Gasteiger partial charge on any atom is 0.323 e. The molecule has 3 rings (SSSR count). The molecular weight excluding hydrogens is 366 g/mol. The minimum absolute atomic E-state index is 0.139. The Labute approximate surface area is 141 Å². The Morgan fingerprint density at radius 2 is 2.13 bits per heavy atom. The van der Waals surface area contributed by atoms with Gasteiger partial charge in [-0.3, -0.25) is 4.79 Å². The molecule has 0 spiro atoms. The Balaban J connectivity index is 1.80. The predicted molar refractivity (Wildman–Crippen MR) is 86.6 cm³/mol. The zero-order valence-electron chi connectivity index (χ0n) is 12.7. The van der Waals surface area contributed by atoms with E-state index in [9.17, 15) is 4.79 Å². The van der Waals surface area contributed by atoms with Crippen LogP contribution in [-0.4, -0.2) is 48.8 Å². The van der Waals surface area contributed by atoms with Gasteiger partial charge in [0.25, 0.3) is 0 Å². The van der Waals surface area contributed by atoms with E-state index in [1.165, 1.54) is 7.11 Å². The van der Waals surface area contributed by atoms with Crippen molar-refractivity contribution in [3.8, 4) is 11.6 Å². The number of halogens is 1. The van der Waals surface area contributed by atoms with Crippen LogP contribution in [0.15, 0.2) is 22.8 Å². The molecule has 2 aromatic heterocycles. The van der Waals surface area contributed by atoms with E-state index >= 15 is 0 Å². The van der Waals surface area contributed by atoms with Gasteiger partial charge in [-0.2, -0.15) is 0 Å². The van der Waals surface area contributed by atoms with Crippen LogP contribution in [0.2, 0.25) is 0 Å². The van der Waals surface area contributed by atoms with Gasteiger partial charge in [0.1, 0.15) is 16.7 Å². The van der Waals surface area contributed by atoms with Crippen molar-refractivity contribution in [2.24, 2.45) is 0 Å². The predicted octanol–water partition coefficient (Wildman–Crippen LogP) is 1.68. The van der Waals surface area contributed by atoms with E-state index in [2.05, 4.69) is 31.2 Å². The van der Waals surface area contributed by atoms with Gasteiger partial charge in [-0.15, -0.1) is 0 Å². The molecule has 1 aliphatic heterocycles. The number of hydrogen-bond donors (Lipinski definition) is 1. The number of pyridine rings is 2. The van der Waals surface area contributed by atoms with Crippen LogP contribution in [0, 0.1) is 0 Å². The molecule has 122 valence electrons. The fourth-order valence-electron chi connectivity index (χ4n) is 2.48. The molecule has 7 nitrogen and oxygen atoms in total. The molecule has 1 N–H and O–H groups in total. The zero-order chi connectivity index (χ0) is 16.4. The van der Waals surface area contributed by atoms with Gasteiger partial charge in [-0.05, 0) is 22.0 Å². The average Bonchev–Trinajstić information content (AvgIpc) is 3.03. The van der Waals surface area contributed by atoms with E-state index in [4.69, 9.17) is 14.2 Å². The van der Waals surface area contributed by atoms with Crippen molar-refractivity contribution in [2.75, 3.05) is 20.8 Å². The van der Waals surface area contributed by atoms with Gasteiger partial charge < -0.3 is 19.5 Å². The molecule has 0 amide bonds. The number of nitrogens with zero attached hydrogens (tertiary/aromatic N) is 2. The molecular formula is C15H16BrN3O4. The molecule has 1 fully saturated rings. The number of esters is 1. The number of rotatable bonds is 4. The van der Waals surface area contributed by atoms with Crippen molar-refractivity contribution in [1.82, 2.24) is 15.3 Å². The second-order valence-electron chi connectivity index (χ2n) is 5.13. The van der Waals surface area contributed by atoms with Crippen LogP contribution in [0.5, 0.6) is 11.6 Å². The van der Waals surface area contributed by atoms with Crippen LogP contribution < -0.4 is 14.8 Å². The number of aromatic nitrogens is 2. The molecule has 2 aromatic rings. The minimum Gasteiger partial charge on any atom is -0.486 e. The number of hydrogen-bond acceptors (Lipinski definition) is 7. The lowest BCUT2D eigenvalue weighted by Crippen LogP contribution is -2.31. The summed E-state index contributed by atoms with van der Waals surface area (Å²) >= 11 is 3.41. The molecule has 0 aromatic carbocycles. The molecule has 0 aliphatic carbocycles. The summed E-state index contributed by atoms with van der Waals surface area (Å²) in [6.45, 7) is 0.565. The summed E-state index contributed by atoms with van der Waals surface area (Å²) in [5.74, 6) is 0.814.